The Kier molecular flexibility index (Phi) is 7.65. The molecule has 1 atom stereocenters. The molecule has 1 aliphatic heterocycles. The Morgan fingerprint density at radius 1 is 1.15 bits per heavy atom. The van der Waals surface area contributed by atoms with E-state index in [4.69, 9.17) is 4.74 Å². The quantitative estimate of drug-likeness (QED) is 0.432. The number of ether oxygens (including phenoxy) is 1. The molecule has 0 aliphatic carbocycles. The number of rotatable bonds is 8. The van der Waals surface area contributed by atoms with Gasteiger partial charge in [-0.25, -0.2) is 22.0 Å². The van der Waals surface area contributed by atoms with E-state index < -0.39 is 51.6 Å². The Bertz CT molecular complexity index is 1540. The number of carbonyl (C=O) groups is 1. The van der Waals surface area contributed by atoms with Gasteiger partial charge in [0.25, 0.3) is 12.3 Å². The van der Waals surface area contributed by atoms with Crippen LogP contribution in [0.5, 0.6) is 5.75 Å². The number of aromatic nitrogens is 2. The molecule has 0 spiro atoms. The Balaban J connectivity index is 1.79. The monoisotopic (exact) mass is 565 g/mol. The van der Waals surface area contributed by atoms with Crippen molar-refractivity contribution in [3.05, 3.63) is 58.5 Å². The van der Waals surface area contributed by atoms with Crippen LogP contribution in [0, 0.1) is 0 Å². The number of halogens is 2. The van der Waals surface area contributed by atoms with Crippen LogP contribution >= 0.6 is 0 Å². The van der Waals surface area contributed by atoms with Gasteiger partial charge in [0.2, 0.25) is 0 Å². The van der Waals surface area contributed by atoms with E-state index in [9.17, 15) is 31.9 Å². The fourth-order valence-corrected chi connectivity index (χ4v) is 6.36. The van der Waals surface area contributed by atoms with E-state index in [0.717, 1.165) is 0 Å². The van der Waals surface area contributed by atoms with Gasteiger partial charge in [-0.1, -0.05) is 6.07 Å². The third-order valence-electron chi connectivity index (χ3n) is 7.34. The molecule has 0 bridgehead atoms. The predicted octanol–water partition coefficient (Wildman–Crippen LogP) is 3.47. The predicted molar refractivity (Wildman–Crippen MR) is 144 cm³/mol. The second-order valence-electron chi connectivity index (χ2n) is 10.9. The zero-order valence-electron chi connectivity index (χ0n) is 22.3. The zero-order valence-corrected chi connectivity index (χ0v) is 23.1. The lowest BCUT2D eigenvalue weighted by molar-refractivity contribution is 0.0307. The average molecular weight is 566 g/mol. The zero-order chi connectivity index (χ0) is 28.8. The van der Waals surface area contributed by atoms with Crippen molar-refractivity contribution in [2.75, 3.05) is 18.1 Å². The summed E-state index contributed by atoms with van der Waals surface area (Å²) < 4.78 is 56.9. The van der Waals surface area contributed by atoms with E-state index in [2.05, 4.69) is 5.32 Å². The SMILES string of the molecule is C[C@@H](n1c(=O)n(-c2cccc(OCC(F)F)c2)c2ccc(C(=O)NC3(C)CCS(=O)(=O)CC3)cc21)C(C)(C)O. The summed E-state index contributed by atoms with van der Waals surface area (Å²) in [5.41, 5.74) is -1.03. The van der Waals surface area contributed by atoms with Gasteiger partial charge in [-0.15, -0.1) is 0 Å². The van der Waals surface area contributed by atoms with E-state index in [1.165, 1.54) is 21.3 Å². The van der Waals surface area contributed by atoms with Crippen LogP contribution in [0.2, 0.25) is 0 Å². The number of imidazole rings is 1. The van der Waals surface area contributed by atoms with Crippen LogP contribution in [0.15, 0.2) is 47.3 Å². The summed E-state index contributed by atoms with van der Waals surface area (Å²) in [6, 6.07) is 10.2. The highest BCUT2D eigenvalue weighted by Gasteiger charge is 2.35. The van der Waals surface area contributed by atoms with Gasteiger partial charge in [0, 0.05) is 17.2 Å². The topological polar surface area (TPSA) is 120 Å². The summed E-state index contributed by atoms with van der Waals surface area (Å²) in [5.74, 6) is -0.262. The van der Waals surface area contributed by atoms with Crippen molar-refractivity contribution < 1.29 is 31.8 Å². The highest BCUT2D eigenvalue weighted by atomic mass is 32.2. The van der Waals surface area contributed by atoms with Crippen molar-refractivity contribution in [1.82, 2.24) is 14.5 Å². The van der Waals surface area contributed by atoms with Gasteiger partial charge in [0.1, 0.15) is 22.2 Å². The van der Waals surface area contributed by atoms with Gasteiger partial charge in [0.15, 0.2) is 0 Å². The summed E-state index contributed by atoms with van der Waals surface area (Å²) in [5, 5.41) is 13.7. The number of nitrogens with zero attached hydrogens (tertiary/aromatic N) is 2. The molecule has 2 aromatic carbocycles. The Hall–Kier alpha value is -3.25. The highest BCUT2D eigenvalue weighted by Crippen LogP contribution is 2.29. The minimum Gasteiger partial charge on any atom is -0.488 e. The van der Waals surface area contributed by atoms with Gasteiger partial charge in [-0.2, -0.15) is 0 Å². The van der Waals surface area contributed by atoms with Gasteiger partial charge in [-0.05, 0) is 70.9 Å². The van der Waals surface area contributed by atoms with Crippen LogP contribution in [0.3, 0.4) is 0 Å². The molecule has 1 saturated heterocycles. The van der Waals surface area contributed by atoms with Crippen molar-refractivity contribution in [2.24, 2.45) is 0 Å². The molecule has 212 valence electrons. The van der Waals surface area contributed by atoms with Crippen molar-refractivity contribution in [2.45, 2.75) is 64.1 Å². The molecule has 1 aliphatic rings. The van der Waals surface area contributed by atoms with Crippen molar-refractivity contribution >= 4 is 26.8 Å². The molecule has 0 unspecified atom stereocenters. The fraction of sp³-hybridized carbons (Fsp3) is 0.481. The molecular weight excluding hydrogens is 532 g/mol. The van der Waals surface area contributed by atoms with E-state index in [1.807, 2.05) is 6.92 Å². The van der Waals surface area contributed by atoms with E-state index in [0.29, 0.717) is 29.6 Å². The molecule has 1 amide bonds. The first-order valence-electron chi connectivity index (χ1n) is 12.6. The molecule has 2 N–H and O–H groups in total. The number of fused-ring (bicyclic) bond motifs is 1. The number of benzene rings is 2. The fourth-order valence-electron chi connectivity index (χ4n) is 4.63. The van der Waals surface area contributed by atoms with Crippen LogP contribution in [-0.4, -0.2) is 64.2 Å². The molecular formula is C27H33F2N3O6S. The number of sulfone groups is 1. The van der Waals surface area contributed by atoms with E-state index in [1.54, 1.807) is 51.1 Å². The number of amides is 1. The number of carbonyl (C=O) groups excluding carboxylic acids is 1. The molecule has 2 heterocycles. The molecule has 4 rings (SSSR count). The number of hydrogen-bond acceptors (Lipinski definition) is 6. The van der Waals surface area contributed by atoms with Gasteiger partial charge in [-0.3, -0.25) is 13.9 Å². The van der Waals surface area contributed by atoms with E-state index >= 15 is 0 Å². The molecule has 12 heteroatoms. The van der Waals surface area contributed by atoms with Crippen LogP contribution in [0.25, 0.3) is 16.7 Å². The molecule has 9 nitrogen and oxygen atoms in total. The largest absolute Gasteiger partial charge is 0.488 e. The third kappa shape index (κ3) is 6.17. The first-order valence-corrected chi connectivity index (χ1v) is 14.5. The molecule has 39 heavy (non-hydrogen) atoms. The second-order valence-corrected chi connectivity index (χ2v) is 13.2. The first kappa shape index (κ1) is 28.8. The van der Waals surface area contributed by atoms with Crippen LogP contribution in [0.4, 0.5) is 8.78 Å². The summed E-state index contributed by atoms with van der Waals surface area (Å²) in [4.78, 5) is 27.0. The summed E-state index contributed by atoms with van der Waals surface area (Å²) in [6.07, 6.45) is -2.07. The van der Waals surface area contributed by atoms with Gasteiger partial charge < -0.3 is 15.2 Å². The van der Waals surface area contributed by atoms with Crippen LogP contribution in [-0.2, 0) is 9.84 Å². The van der Waals surface area contributed by atoms with Crippen LogP contribution in [0.1, 0.15) is 56.9 Å². The lowest BCUT2D eigenvalue weighted by Crippen LogP contribution is -2.50. The maximum atomic E-state index is 13.8. The van der Waals surface area contributed by atoms with Gasteiger partial charge >= 0.3 is 5.69 Å². The first-order chi connectivity index (χ1) is 18.1. The summed E-state index contributed by atoms with van der Waals surface area (Å²) in [6.45, 7) is 5.84. The summed E-state index contributed by atoms with van der Waals surface area (Å²) >= 11 is 0. The summed E-state index contributed by atoms with van der Waals surface area (Å²) in [7, 11) is -3.11. The highest BCUT2D eigenvalue weighted by molar-refractivity contribution is 7.91. The normalized spacial score (nSPS) is 17.7. The smallest absolute Gasteiger partial charge is 0.334 e. The lowest BCUT2D eigenvalue weighted by atomic mass is 9.94. The molecule has 0 radical (unpaired) electrons. The third-order valence-corrected chi connectivity index (χ3v) is 8.99. The molecule has 1 fully saturated rings. The average Bonchev–Trinajstić information content (AvgIpc) is 3.14. The Labute approximate surface area is 225 Å². The molecule has 1 aromatic heterocycles. The maximum Gasteiger partial charge on any atom is 0.334 e. The van der Waals surface area contributed by atoms with Crippen molar-refractivity contribution in [1.29, 1.82) is 0 Å². The number of alkyl halides is 2. The molecule has 3 aromatic rings. The number of hydrogen-bond donors (Lipinski definition) is 2. The van der Waals surface area contributed by atoms with Crippen molar-refractivity contribution in [3.8, 4) is 11.4 Å². The minimum absolute atomic E-state index is 0.00556. The molecule has 0 saturated carbocycles. The van der Waals surface area contributed by atoms with Gasteiger partial charge in [0.05, 0.1) is 39.9 Å². The van der Waals surface area contributed by atoms with Crippen LogP contribution < -0.4 is 15.7 Å². The van der Waals surface area contributed by atoms with E-state index in [-0.39, 0.29) is 22.8 Å². The minimum atomic E-state index is -3.11. The lowest BCUT2D eigenvalue weighted by Gasteiger charge is -2.34. The number of aliphatic hydroxyl groups is 1. The Morgan fingerprint density at radius 3 is 2.44 bits per heavy atom. The van der Waals surface area contributed by atoms with Crippen molar-refractivity contribution in [3.63, 3.8) is 0 Å². The second kappa shape index (κ2) is 10.4. The maximum absolute atomic E-state index is 13.8. The number of nitrogens with one attached hydrogen (secondary N) is 1. The Morgan fingerprint density at radius 2 is 1.82 bits per heavy atom. The standard InChI is InChI=1S/C27H33F2N3O6S/c1-17(26(2,3)35)31-22-14-18(24(33)30-27(4)10-12-39(36,37)13-11-27)8-9-21(22)32(25(31)34)19-6-5-7-20(15-19)38-16-23(28)29/h5-9,14-15,17,23,35H,10-13,16H2,1-4H3,(H,30,33)/t17-/m1/s1.